The second kappa shape index (κ2) is 6.88. The molecule has 1 rings (SSSR count). The van der Waals surface area contributed by atoms with Crippen molar-refractivity contribution in [3.05, 3.63) is 28.3 Å². The molecule has 0 saturated carbocycles. The quantitative estimate of drug-likeness (QED) is 0.543. The normalized spacial score (nSPS) is 10.9. The number of carbonyl (C=O) groups is 1. The molecule has 0 atom stereocenters. The molecule has 1 aromatic carbocycles. The maximum Gasteiger partial charge on any atom is 0.303 e. The van der Waals surface area contributed by atoms with Crippen LogP contribution >= 0.6 is 0 Å². The summed E-state index contributed by atoms with van der Waals surface area (Å²) in [7, 11) is -2.51. The van der Waals surface area contributed by atoms with Gasteiger partial charge in [0.05, 0.1) is 29.5 Å². The zero-order chi connectivity index (χ0) is 16.0. The van der Waals surface area contributed by atoms with E-state index in [9.17, 15) is 23.3 Å². The Morgan fingerprint density at radius 1 is 1.48 bits per heavy atom. The summed E-state index contributed by atoms with van der Waals surface area (Å²) in [6, 6.07) is 3.44. The Morgan fingerprint density at radius 3 is 2.67 bits per heavy atom. The van der Waals surface area contributed by atoms with E-state index in [2.05, 4.69) is 4.72 Å². The van der Waals surface area contributed by atoms with Gasteiger partial charge in [-0.05, 0) is 12.5 Å². The summed E-state index contributed by atoms with van der Waals surface area (Å²) in [5.74, 6) is -1.46. The Labute approximate surface area is 120 Å². The fraction of sp³-hybridized carbons (Fsp3) is 0.364. The number of hydrogen-bond acceptors (Lipinski definition) is 6. The van der Waals surface area contributed by atoms with E-state index in [0.29, 0.717) is 0 Å². The molecule has 0 amide bonds. The summed E-state index contributed by atoms with van der Waals surface area (Å²) in [4.78, 5) is 20.3. The highest BCUT2D eigenvalue weighted by Gasteiger charge is 2.17. The van der Waals surface area contributed by atoms with E-state index in [1.165, 1.54) is 13.2 Å². The zero-order valence-electron chi connectivity index (χ0n) is 11.1. The van der Waals surface area contributed by atoms with Crippen LogP contribution < -0.4 is 9.46 Å². The lowest BCUT2D eigenvalue weighted by molar-refractivity contribution is -0.384. The van der Waals surface area contributed by atoms with Gasteiger partial charge >= 0.3 is 5.97 Å². The van der Waals surface area contributed by atoms with Crippen LogP contribution in [0.25, 0.3) is 0 Å². The molecule has 9 nitrogen and oxygen atoms in total. The lowest BCUT2D eigenvalue weighted by atomic mass is 10.2. The number of anilines is 1. The van der Waals surface area contributed by atoms with Crippen LogP contribution in [0.2, 0.25) is 0 Å². The molecule has 0 bridgehead atoms. The zero-order valence-corrected chi connectivity index (χ0v) is 11.9. The van der Waals surface area contributed by atoms with Crippen molar-refractivity contribution in [2.75, 3.05) is 17.6 Å². The molecule has 0 aliphatic heterocycles. The number of sulfonamides is 1. The van der Waals surface area contributed by atoms with Crippen molar-refractivity contribution >= 4 is 27.4 Å². The van der Waals surface area contributed by atoms with Crippen LogP contribution in [-0.2, 0) is 14.8 Å². The van der Waals surface area contributed by atoms with Gasteiger partial charge in [-0.1, -0.05) is 0 Å². The number of carboxylic acids is 1. The van der Waals surface area contributed by atoms with Gasteiger partial charge in [0, 0.05) is 12.5 Å². The van der Waals surface area contributed by atoms with Gasteiger partial charge in [0.25, 0.3) is 5.69 Å². The number of methoxy groups -OCH3 is 1. The van der Waals surface area contributed by atoms with E-state index in [1.54, 1.807) is 0 Å². The van der Waals surface area contributed by atoms with Gasteiger partial charge in [0.1, 0.15) is 5.75 Å². The molecule has 21 heavy (non-hydrogen) atoms. The summed E-state index contributed by atoms with van der Waals surface area (Å²) < 4.78 is 30.7. The van der Waals surface area contributed by atoms with Crippen LogP contribution in [0.15, 0.2) is 18.2 Å². The van der Waals surface area contributed by atoms with Gasteiger partial charge in [-0.25, -0.2) is 8.42 Å². The number of benzene rings is 1. The van der Waals surface area contributed by atoms with E-state index in [4.69, 9.17) is 9.84 Å². The first kappa shape index (κ1) is 16.7. The number of nitro benzene ring substituents is 1. The van der Waals surface area contributed by atoms with Gasteiger partial charge < -0.3 is 9.84 Å². The maximum atomic E-state index is 11.8. The predicted octanol–water partition coefficient (Wildman–Crippen LogP) is 1.21. The van der Waals surface area contributed by atoms with Crippen molar-refractivity contribution in [1.29, 1.82) is 0 Å². The van der Waals surface area contributed by atoms with Crippen molar-refractivity contribution in [3.8, 4) is 5.75 Å². The van der Waals surface area contributed by atoms with E-state index in [-0.39, 0.29) is 35.7 Å². The summed E-state index contributed by atoms with van der Waals surface area (Å²) in [5, 5.41) is 19.1. The molecule has 2 N–H and O–H groups in total. The van der Waals surface area contributed by atoms with Crippen molar-refractivity contribution in [2.45, 2.75) is 12.8 Å². The van der Waals surface area contributed by atoms with Gasteiger partial charge in [-0.2, -0.15) is 0 Å². The average Bonchev–Trinajstić information content (AvgIpc) is 2.37. The number of nitro groups is 1. The highest BCUT2D eigenvalue weighted by Crippen LogP contribution is 2.29. The summed E-state index contributed by atoms with van der Waals surface area (Å²) in [5.41, 5.74) is -0.181. The molecule has 0 heterocycles. The molecule has 0 saturated heterocycles. The minimum atomic E-state index is -3.76. The second-order valence-electron chi connectivity index (χ2n) is 4.06. The lowest BCUT2D eigenvalue weighted by Gasteiger charge is -2.11. The standard InChI is InChI=1S/C11H14N2O7S/c1-20-10-7-8(13(16)17)4-5-9(10)12-21(18,19)6-2-3-11(14)15/h4-5,7,12H,2-3,6H2,1H3,(H,14,15). The summed E-state index contributed by atoms with van der Waals surface area (Å²) in [6.07, 6.45) is -0.307. The molecule has 0 spiro atoms. The lowest BCUT2D eigenvalue weighted by Crippen LogP contribution is -2.18. The van der Waals surface area contributed by atoms with Crippen molar-refractivity contribution in [1.82, 2.24) is 0 Å². The van der Waals surface area contributed by atoms with Crippen LogP contribution in [-0.4, -0.2) is 37.3 Å². The molecule has 0 fully saturated rings. The third kappa shape index (κ3) is 5.26. The van der Waals surface area contributed by atoms with Gasteiger partial charge in [-0.15, -0.1) is 0 Å². The smallest absolute Gasteiger partial charge is 0.303 e. The Kier molecular flexibility index (Phi) is 5.47. The Balaban J connectivity index is 2.86. The first-order chi connectivity index (χ1) is 9.75. The van der Waals surface area contributed by atoms with Gasteiger partial charge in [-0.3, -0.25) is 19.6 Å². The highest BCUT2D eigenvalue weighted by molar-refractivity contribution is 7.92. The van der Waals surface area contributed by atoms with Crippen molar-refractivity contribution in [2.24, 2.45) is 0 Å². The number of non-ortho nitro benzene ring substituents is 1. The monoisotopic (exact) mass is 318 g/mol. The number of hydrogen-bond donors (Lipinski definition) is 2. The van der Waals surface area contributed by atoms with E-state index >= 15 is 0 Å². The van der Waals surface area contributed by atoms with Crippen LogP contribution in [0.1, 0.15) is 12.8 Å². The molecule has 0 aromatic heterocycles. The van der Waals surface area contributed by atoms with Gasteiger partial charge in [0.15, 0.2) is 0 Å². The Morgan fingerprint density at radius 2 is 2.14 bits per heavy atom. The number of nitrogens with zero attached hydrogens (tertiary/aromatic N) is 1. The van der Waals surface area contributed by atoms with E-state index in [1.807, 2.05) is 0 Å². The minimum absolute atomic E-state index is 0.00556. The van der Waals surface area contributed by atoms with Crippen molar-refractivity contribution in [3.63, 3.8) is 0 Å². The number of carboxylic acid groups (broad SMARTS) is 1. The Bertz CT molecular complexity index is 642. The predicted molar refractivity (Wildman–Crippen MR) is 73.9 cm³/mol. The number of rotatable bonds is 8. The topological polar surface area (TPSA) is 136 Å². The van der Waals surface area contributed by atoms with Crippen LogP contribution in [0, 0.1) is 10.1 Å². The van der Waals surface area contributed by atoms with Gasteiger partial charge in [0.2, 0.25) is 10.0 Å². The molecule has 0 radical (unpaired) electrons. The molecular formula is C11H14N2O7S. The third-order valence-corrected chi connectivity index (χ3v) is 3.82. The molecule has 0 unspecified atom stereocenters. The molecule has 1 aromatic rings. The SMILES string of the molecule is COc1cc([N+](=O)[O-])ccc1NS(=O)(=O)CCCC(=O)O. The van der Waals surface area contributed by atoms with Crippen molar-refractivity contribution < 1.29 is 28.0 Å². The molecule has 116 valence electrons. The minimum Gasteiger partial charge on any atom is -0.494 e. The molecular weight excluding hydrogens is 304 g/mol. The summed E-state index contributed by atoms with van der Waals surface area (Å²) >= 11 is 0. The van der Waals surface area contributed by atoms with Crippen LogP contribution in [0.5, 0.6) is 5.75 Å². The van der Waals surface area contributed by atoms with E-state index < -0.39 is 20.9 Å². The molecule has 0 aliphatic carbocycles. The second-order valence-corrected chi connectivity index (χ2v) is 5.90. The fourth-order valence-corrected chi connectivity index (χ4v) is 2.64. The number of nitrogens with one attached hydrogen (secondary N) is 1. The fourth-order valence-electron chi connectivity index (χ4n) is 1.51. The maximum absolute atomic E-state index is 11.8. The van der Waals surface area contributed by atoms with Crippen LogP contribution in [0.3, 0.4) is 0 Å². The molecule has 10 heteroatoms. The van der Waals surface area contributed by atoms with Crippen LogP contribution in [0.4, 0.5) is 11.4 Å². The first-order valence-corrected chi connectivity index (χ1v) is 7.45. The summed E-state index contributed by atoms with van der Waals surface area (Å²) in [6.45, 7) is 0. The van der Waals surface area contributed by atoms with E-state index in [0.717, 1.165) is 12.1 Å². The first-order valence-electron chi connectivity index (χ1n) is 5.80. The third-order valence-electron chi connectivity index (χ3n) is 2.47. The highest BCUT2D eigenvalue weighted by atomic mass is 32.2. The molecule has 0 aliphatic rings. The largest absolute Gasteiger partial charge is 0.494 e. The Hall–Kier alpha value is -2.36. The average molecular weight is 318 g/mol. The number of aliphatic carboxylic acids is 1. The number of ether oxygens (including phenoxy) is 1.